The Bertz CT molecular complexity index is 501. The van der Waals surface area contributed by atoms with Gasteiger partial charge in [-0.25, -0.2) is 4.79 Å². The van der Waals surface area contributed by atoms with E-state index in [-0.39, 0.29) is 11.9 Å². The summed E-state index contributed by atoms with van der Waals surface area (Å²) in [4.78, 5) is 12.9. The fourth-order valence-corrected chi connectivity index (χ4v) is 2.00. The van der Waals surface area contributed by atoms with Gasteiger partial charge in [-0.15, -0.1) is 0 Å². The van der Waals surface area contributed by atoms with Crippen LogP contribution in [0.15, 0.2) is 18.2 Å². The maximum absolute atomic E-state index is 11.5. The van der Waals surface area contributed by atoms with Gasteiger partial charge in [0.2, 0.25) is 0 Å². The van der Waals surface area contributed by atoms with Crippen LogP contribution in [0.5, 0.6) is 11.5 Å². The highest BCUT2D eigenvalue weighted by Crippen LogP contribution is 2.33. The summed E-state index contributed by atoms with van der Waals surface area (Å²) in [6.07, 6.45) is 0. The summed E-state index contributed by atoms with van der Waals surface area (Å²) in [6, 6.07) is 4.67. The first-order chi connectivity index (χ1) is 8.58. The van der Waals surface area contributed by atoms with E-state index in [0.717, 1.165) is 5.56 Å². The first-order valence-corrected chi connectivity index (χ1v) is 5.42. The van der Waals surface area contributed by atoms with Gasteiger partial charge in [-0.2, -0.15) is 0 Å². The second-order valence-electron chi connectivity index (χ2n) is 3.97. The third kappa shape index (κ3) is 1.85. The van der Waals surface area contributed by atoms with Crippen LogP contribution >= 0.6 is 0 Å². The maximum Gasteiger partial charge on any atom is 0.323 e. The predicted molar refractivity (Wildman–Crippen MR) is 66.3 cm³/mol. The summed E-state index contributed by atoms with van der Waals surface area (Å²) >= 11 is 0. The topological polar surface area (TPSA) is 74.7 Å². The molecule has 1 aliphatic heterocycles. The number of hydrogen-bond donors (Lipinski definition) is 2. The van der Waals surface area contributed by atoms with Crippen molar-refractivity contribution in [1.29, 1.82) is 5.41 Å². The quantitative estimate of drug-likeness (QED) is 0.849. The molecule has 6 heteroatoms. The van der Waals surface area contributed by atoms with Crippen molar-refractivity contribution in [2.45, 2.75) is 6.04 Å². The molecular formula is C12H15N3O3. The molecule has 1 fully saturated rings. The van der Waals surface area contributed by atoms with Crippen molar-refractivity contribution in [3.05, 3.63) is 23.8 Å². The maximum atomic E-state index is 11.5. The highest BCUT2D eigenvalue weighted by Gasteiger charge is 2.34. The minimum absolute atomic E-state index is 0.162. The highest BCUT2D eigenvalue weighted by molar-refractivity contribution is 6.05. The van der Waals surface area contributed by atoms with Crippen LogP contribution in [0.2, 0.25) is 0 Å². The van der Waals surface area contributed by atoms with Crippen LogP contribution in [-0.4, -0.2) is 38.0 Å². The van der Waals surface area contributed by atoms with Crippen molar-refractivity contribution in [2.75, 3.05) is 21.3 Å². The monoisotopic (exact) mass is 249 g/mol. The lowest BCUT2D eigenvalue weighted by atomic mass is 10.1. The molecule has 1 unspecified atom stereocenters. The van der Waals surface area contributed by atoms with E-state index in [0.29, 0.717) is 11.5 Å². The van der Waals surface area contributed by atoms with Crippen LogP contribution in [0.25, 0.3) is 0 Å². The summed E-state index contributed by atoms with van der Waals surface area (Å²) in [6.45, 7) is 0. The van der Waals surface area contributed by atoms with Crippen molar-refractivity contribution in [3.8, 4) is 11.5 Å². The Kier molecular flexibility index (Phi) is 3.10. The number of nitrogens with zero attached hydrogens (tertiary/aromatic N) is 1. The number of carbonyl (C=O) groups is 1. The van der Waals surface area contributed by atoms with Crippen molar-refractivity contribution < 1.29 is 14.3 Å². The van der Waals surface area contributed by atoms with Crippen molar-refractivity contribution >= 4 is 11.9 Å². The Morgan fingerprint density at radius 2 is 1.94 bits per heavy atom. The molecule has 1 aliphatic rings. The molecule has 0 saturated carbocycles. The van der Waals surface area contributed by atoms with Gasteiger partial charge in [-0.3, -0.25) is 10.7 Å². The Hall–Kier alpha value is -2.24. The molecule has 2 N–H and O–H groups in total. The fraction of sp³-hybridized carbons (Fsp3) is 0.333. The van der Waals surface area contributed by atoms with E-state index in [9.17, 15) is 4.79 Å². The number of ether oxygens (including phenoxy) is 2. The Balaban J connectivity index is 2.40. The van der Waals surface area contributed by atoms with Crippen molar-refractivity contribution in [1.82, 2.24) is 10.2 Å². The van der Waals surface area contributed by atoms with Crippen LogP contribution in [-0.2, 0) is 0 Å². The van der Waals surface area contributed by atoms with Gasteiger partial charge in [-0.05, 0) is 17.7 Å². The molecule has 1 aromatic rings. The Labute approximate surface area is 105 Å². The number of methoxy groups -OCH3 is 2. The van der Waals surface area contributed by atoms with Gasteiger partial charge in [0.05, 0.1) is 14.2 Å². The van der Waals surface area contributed by atoms with Crippen LogP contribution in [0.4, 0.5) is 4.79 Å². The van der Waals surface area contributed by atoms with E-state index in [1.54, 1.807) is 33.4 Å². The second kappa shape index (κ2) is 4.56. The average molecular weight is 249 g/mol. The first kappa shape index (κ1) is 12.2. The zero-order valence-electron chi connectivity index (χ0n) is 10.5. The molecule has 2 rings (SSSR count). The van der Waals surface area contributed by atoms with Gasteiger partial charge in [0.25, 0.3) is 0 Å². The number of nitrogens with one attached hydrogen (secondary N) is 2. The van der Waals surface area contributed by atoms with E-state index >= 15 is 0 Å². The minimum Gasteiger partial charge on any atom is -0.493 e. The average Bonchev–Trinajstić information content (AvgIpc) is 2.62. The molecule has 1 atom stereocenters. The zero-order chi connectivity index (χ0) is 13.3. The first-order valence-electron chi connectivity index (χ1n) is 5.42. The largest absolute Gasteiger partial charge is 0.493 e. The summed E-state index contributed by atoms with van der Waals surface area (Å²) < 4.78 is 10.4. The fourth-order valence-electron chi connectivity index (χ4n) is 2.00. The van der Waals surface area contributed by atoms with Crippen molar-refractivity contribution in [3.63, 3.8) is 0 Å². The van der Waals surface area contributed by atoms with Crippen LogP contribution < -0.4 is 14.8 Å². The molecule has 1 saturated heterocycles. The molecule has 96 valence electrons. The molecule has 0 aromatic heterocycles. The number of benzene rings is 1. The number of rotatable bonds is 3. The van der Waals surface area contributed by atoms with E-state index in [1.165, 1.54) is 4.90 Å². The predicted octanol–water partition coefficient (Wildman–Crippen LogP) is 1.38. The SMILES string of the molecule is COc1ccc(C2C(=N)NC(=O)N2C)cc1OC. The van der Waals surface area contributed by atoms with Gasteiger partial charge in [0, 0.05) is 7.05 Å². The molecule has 18 heavy (non-hydrogen) atoms. The van der Waals surface area contributed by atoms with Gasteiger partial charge >= 0.3 is 6.03 Å². The summed E-state index contributed by atoms with van der Waals surface area (Å²) in [5, 5.41) is 10.3. The molecule has 0 bridgehead atoms. The molecule has 0 aliphatic carbocycles. The zero-order valence-corrected chi connectivity index (χ0v) is 10.5. The van der Waals surface area contributed by atoms with Gasteiger partial charge in [-0.1, -0.05) is 6.07 Å². The van der Waals surface area contributed by atoms with Gasteiger partial charge < -0.3 is 14.4 Å². The number of carbonyl (C=O) groups excluding carboxylic acids is 1. The number of likely N-dealkylation sites (N-methyl/N-ethyl adjacent to an activating group) is 1. The van der Waals surface area contributed by atoms with Crippen LogP contribution in [0.1, 0.15) is 11.6 Å². The van der Waals surface area contributed by atoms with E-state index in [1.807, 2.05) is 6.07 Å². The van der Waals surface area contributed by atoms with Gasteiger partial charge in [0.1, 0.15) is 11.9 Å². The van der Waals surface area contributed by atoms with E-state index < -0.39 is 6.04 Å². The molecular weight excluding hydrogens is 234 g/mol. The highest BCUT2D eigenvalue weighted by atomic mass is 16.5. The lowest BCUT2D eigenvalue weighted by Crippen LogP contribution is -2.25. The normalized spacial score (nSPS) is 18.8. The molecule has 0 spiro atoms. The number of urea groups is 1. The van der Waals surface area contributed by atoms with E-state index in [2.05, 4.69) is 5.32 Å². The molecule has 6 nitrogen and oxygen atoms in total. The summed E-state index contributed by atoms with van der Waals surface area (Å²) in [7, 11) is 4.76. The summed E-state index contributed by atoms with van der Waals surface area (Å²) in [5.41, 5.74) is 0.804. The lowest BCUT2D eigenvalue weighted by Gasteiger charge is -2.19. The third-order valence-electron chi connectivity index (χ3n) is 2.95. The van der Waals surface area contributed by atoms with Gasteiger partial charge in [0.15, 0.2) is 11.5 Å². The molecule has 1 heterocycles. The smallest absolute Gasteiger partial charge is 0.323 e. The molecule has 1 aromatic carbocycles. The van der Waals surface area contributed by atoms with Crippen molar-refractivity contribution in [2.24, 2.45) is 0 Å². The molecule has 0 radical (unpaired) electrons. The number of amidine groups is 1. The Morgan fingerprint density at radius 1 is 1.28 bits per heavy atom. The van der Waals surface area contributed by atoms with Crippen LogP contribution in [0.3, 0.4) is 0 Å². The third-order valence-corrected chi connectivity index (χ3v) is 2.95. The standard InChI is InChI=1S/C12H15N3O3/c1-15-10(11(13)14-12(15)16)7-4-5-8(17-2)9(6-7)18-3/h4-6,10H,1-3H3,(H2,13,14,16). The molecule has 2 amide bonds. The lowest BCUT2D eigenvalue weighted by molar-refractivity contribution is 0.217. The summed E-state index contributed by atoms with van der Waals surface area (Å²) in [5.74, 6) is 1.36. The second-order valence-corrected chi connectivity index (χ2v) is 3.97. The number of hydrogen-bond acceptors (Lipinski definition) is 4. The Morgan fingerprint density at radius 3 is 2.44 bits per heavy atom. The van der Waals surface area contributed by atoms with E-state index in [4.69, 9.17) is 14.9 Å². The minimum atomic E-state index is -0.405. The number of amides is 2. The van der Waals surface area contributed by atoms with Crippen LogP contribution in [0, 0.1) is 5.41 Å².